The van der Waals surface area contributed by atoms with E-state index in [0.29, 0.717) is 17.1 Å². The molecule has 1 fully saturated rings. The van der Waals surface area contributed by atoms with Crippen molar-refractivity contribution in [1.29, 1.82) is 0 Å². The number of halogens is 2. The molecule has 0 bridgehead atoms. The van der Waals surface area contributed by atoms with Gasteiger partial charge in [-0.3, -0.25) is 4.79 Å². The zero-order chi connectivity index (χ0) is 13.8. The third kappa shape index (κ3) is 3.61. The Morgan fingerprint density at radius 3 is 2.89 bits per heavy atom. The van der Waals surface area contributed by atoms with Crippen LogP contribution in [0.15, 0.2) is 18.2 Å². The number of nitrogens with zero attached hydrogens (tertiary/aromatic N) is 1. The van der Waals surface area contributed by atoms with Gasteiger partial charge in [0.15, 0.2) is 0 Å². The quantitative estimate of drug-likeness (QED) is 0.783. The van der Waals surface area contributed by atoms with Gasteiger partial charge in [-0.15, -0.1) is 0 Å². The fourth-order valence-electron chi connectivity index (χ4n) is 2.43. The van der Waals surface area contributed by atoms with Gasteiger partial charge in [-0.25, -0.2) is 0 Å². The van der Waals surface area contributed by atoms with Gasteiger partial charge in [-0.2, -0.15) is 0 Å². The molecule has 0 spiro atoms. The third-order valence-corrected chi connectivity index (χ3v) is 5.09. The summed E-state index contributed by atoms with van der Waals surface area (Å²) in [6.07, 6.45) is 4.07. The van der Waals surface area contributed by atoms with E-state index < -0.39 is 0 Å². The van der Waals surface area contributed by atoms with Gasteiger partial charge in [0.05, 0.1) is 17.7 Å². The Morgan fingerprint density at radius 1 is 1.42 bits per heavy atom. The van der Waals surface area contributed by atoms with E-state index in [-0.39, 0.29) is 18.6 Å². The SMILES string of the molecule is O=C(c1ccc(I)c(Cl)c1)N1CCCCCC1CO. The number of carbonyl (C=O) groups is 1. The van der Waals surface area contributed by atoms with Crippen molar-refractivity contribution in [2.45, 2.75) is 31.7 Å². The van der Waals surface area contributed by atoms with Crippen LogP contribution in [0, 0.1) is 3.57 Å². The molecular formula is C14H17ClINO2. The third-order valence-electron chi connectivity index (χ3n) is 3.52. The van der Waals surface area contributed by atoms with Gasteiger partial charge in [0, 0.05) is 15.7 Å². The standard InChI is InChI=1S/C14H17ClINO2/c15-12-8-10(5-6-13(12)16)14(19)17-7-3-1-2-4-11(17)9-18/h5-6,8,11,18H,1-4,7,9H2. The van der Waals surface area contributed by atoms with Gasteiger partial charge in [0.2, 0.25) is 0 Å². The number of aliphatic hydroxyl groups excluding tert-OH is 1. The second kappa shape index (κ2) is 6.90. The first-order valence-electron chi connectivity index (χ1n) is 6.50. The lowest BCUT2D eigenvalue weighted by atomic mass is 10.1. The van der Waals surface area contributed by atoms with Crippen LogP contribution < -0.4 is 0 Å². The van der Waals surface area contributed by atoms with E-state index in [1.165, 1.54) is 0 Å². The van der Waals surface area contributed by atoms with Crippen molar-refractivity contribution in [2.75, 3.05) is 13.2 Å². The number of hydrogen-bond acceptors (Lipinski definition) is 2. The summed E-state index contributed by atoms with van der Waals surface area (Å²) in [5.74, 6) is -0.0285. The van der Waals surface area contributed by atoms with E-state index in [0.717, 1.165) is 29.3 Å². The fourth-order valence-corrected chi connectivity index (χ4v) is 2.95. The first-order chi connectivity index (χ1) is 9.13. The molecule has 1 aliphatic rings. The number of aliphatic hydroxyl groups is 1. The summed E-state index contributed by atoms with van der Waals surface area (Å²) in [6.45, 7) is 0.748. The van der Waals surface area contributed by atoms with Gasteiger partial charge in [-0.05, 0) is 53.6 Å². The molecule has 1 unspecified atom stereocenters. The molecule has 5 heteroatoms. The minimum atomic E-state index is -0.0620. The molecule has 0 aromatic heterocycles. The lowest BCUT2D eigenvalue weighted by molar-refractivity contribution is 0.0600. The summed E-state index contributed by atoms with van der Waals surface area (Å²) in [5.41, 5.74) is 0.603. The Kier molecular flexibility index (Phi) is 5.47. The van der Waals surface area contributed by atoms with Crippen LogP contribution in [-0.4, -0.2) is 35.1 Å². The molecule has 1 aromatic rings. The second-order valence-corrected chi connectivity index (χ2v) is 6.38. The van der Waals surface area contributed by atoms with Gasteiger partial charge < -0.3 is 10.0 Å². The van der Waals surface area contributed by atoms with Crippen LogP contribution in [0.1, 0.15) is 36.0 Å². The highest BCUT2D eigenvalue weighted by Gasteiger charge is 2.25. The number of hydrogen-bond donors (Lipinski definition) is 1. The van der Waals surface area contributed by atoms with Crippen molar-refractivity contribution in [2.24, 2.45) is 0 Å². The predicted octanol–water partition coefficient (Wildman–Crippen LogP) is 3.32. The summed E-state index contributed by atoms with van der Waals surface area (Å²) in [5, 5.41) is 10.1. The molecule has 1 N–H and O–H groups in total. The first kappa shape index (κ1) is 15.1. The highest BCUT2D eigenvalue weighted by Crippen LogP contribution is 2.23. The maximum atomic E-state index is 12.5. The van der Waals surface area contributed by atoms with Crippen molar-refractivity contribution in [1.82, 2.24) is 4.90 Å². The molecule has 0 saturated carbocycles. The Balaban J connectivity index is 2.22. The van der Waals surface area contributed by atoms with Crippen molar-refractivity contribution >= 4 is 40.1 Å². The molecule has 1 saturated heterocycles. The number of carbonyl (C=O) groups excluding carboxylic acids is 1. The second-order valence-electron chi connectivity index (χ2n) is 4.81. The van der Waals surface area contributed by atoms with Crippen LogP contribution in [0.3, 0.4) is 0 Å². The Labute approximate surface area is 132 Å². The molecule has 2 rings (SSSR count). The van der Waals surface area contributed by atoms with E-state index in [1.807, 2.05) is 6.07 Å². The molecule has 1 amide bonds. The lowest BCUT2D eigenvalue weighted by Gasteiger charge is -2.28. The average molecular weight is 394 g/mol. The minimum Gasteiger partial charge on any atom is -0.394 e. The van der Waals surface area contributed by atoms with Crippen LogP contribution in [0.5, 0.6) is 0 Å². The molecule has 1 aliphatic heterocycles. The molecular weight excluding hydrogens is 377 g/mol. The van der Waals surface area contributed by atoms with Crippen molar-refractivity contribution < 1.29 is 9.90 Å². The van der Waals surface area contributed by atoms with Crippen molar-refractivity contribution in [3.63, 3.8) is 0 Å². The van der Waals surface area contributed by atoms with E-state index in [4.69, 9.17) is 11.6 Å². The number of rotatable bonds is 2. The zero-order valence-corrected chi connectivity index (χ0v) is 13.5. The van der Waals surface area contributed by atoms with Gasteiger partial charge in [-0.1, -0.05) is 24.4 Å². The molecule has 0 aliphatic carbocycles. The number of likely N-dealkylation sites (tertiary alicyclic amines) is 1. The highest BCUT2D eigenvalue weighted by atomic mass is 127. The van der Waals surface area contributed by atoms with E-state index in [9.17, 15) is 9.90 Å². The van der Waals surface area contributed by atoms with Gasteiger partial charge in [0.25, 0.3) is 5.91 Å². The van der Waals surface area contributed by atoms with E-state index in [1.54, 1.807) is 17.0 Å². The fraction of sp³-hybridized carbons (Fsp3) is 0.500. The number of benzene rings is 1. The van der Waals surface area contributed by atoms with Crippen LogP contribution in [0.2, 0.25) is 5.02 Å². The van der Waals surface area contributed by atoms with Gasteiger partial charge >= 0.3 is 0 Å². The molecule has 19 heavy (non-hydrogen) atoms. The van der Waals surface area contributed by atoms with Crippen LogP contribution in [0.25, 0.3) is 0 Å². The van der Waals surface area contributed by atoms with Crippen LogP contribution >= 0.6 is 34.2 Å². The van der Waals surface area contributed by atoms with Gasteiger partial charge in [0.1, 0.15) is 0 Å². The molecule has 1 aromatic carbocycles. The van der Waals surface area contributed by atoms with E-state index >= 15 is 0 Å². The topological polar surface area (TPSA) is 40.5 Å². The maximum absolute atomic E-state index is 12.5. The van der Waals surface area contributed by atoms with Crippen LogP contribution in [0.4, 0.5) is 0 Å². The molecule has 3 nitrogen and oxygen atoms in total. The Morgan fingerprint density at radius 2 is 2.21 bits per heavy atom. The summed E-state index contributed by atoms with van der Waals surface area (Å²) >= 11 is 8.21. The molecule has 1 atom stereocenters. The highest BCUT2D eigenvalue weighted by molar-refractivity contribution is 14.1. The lowest BCUT2D eigenvalue weighted by Crippen LogP contribution is -2.42. The predicted molar refractivity (Wildman–Crippen MR) is 84.5 cm³/mol. The minimum absolute atomic E-state index is 0.0285. The normalized spacial score (nSPS) is 20.2. The first-order valence-corrected chi connectivity index (χ1v) is 7.96. The number of amides is 1. The summed E-state index contributed by atoms with van der Waals surface area (Å²) in [4.78, 5) is 14.3. The van der Waals surface area contributed by atoms with Crippen molar-refractivity contribution in [3.05, 3.63) is 32.4 Å². The summed E-state index contributed by atoms with van der Waals surface area (Å²) < 4.78 is 0.936. The smallest absolute Gasteiger partial charge is 0.254 e. The van der Waals surface area contributed by atoms with Crippen molar-refractivity contribution in [3.8, 4) is 0 Å². The Bertz CT molecular complexity index is 467. The monoisotopic (exact) mass is 393 g/mol. The summed E-state index contributed by atoms with van der Waals surface area (Å²) in [7, 11) is 0. The Hall–Kier alpha value is -0.330. The average Bonchev–Trinajstić information content (AvgIpc) is 2.66. The maximum Gasteiger partial charge on any atom is 0.254 e. The largest absolute Gasteiger partial charge is 0.394 e. The molecule has 1 heterocycles. The van der Waals surface area contributed by atoms with E-state index in [2.05, 4.69) is 22.6 Å². The molecule has 0 radical (unpaired) electrons. The molecule has 104 valence electrons. The zero-order valence-electron chi connectivity index (χ0n) is 10.6. The van der Waals surface area contributed by atoms with Crippen LogP contribution in [-0.2, 0) is 0 Å². The summed E-state index contributed by atoms with van der Waals surface area (Å²) in [6, 6.07) is 5.30.